The van der Waals surface area contributed by atoms with E-state index in [1.54, 1.807) is 7.05 Å². The fraction of sp³-hybridized carbons (Fsp3) is 0.0909. The highest BCUT2D eigenvalue weighted by Crippen LogP contribution is 2.25. The molecule has 0 fully saturated rings. The van der Waals surface area contributed by atoms with Gasteiger partial charge < -0.3 is 15.8 Å². The molecule has 0 radical (unpaired) electrons. The Morgan fingerprint density at radius 3 is 2.67 bits per heavy atom. The minimum Gasteiger partial charge on any atom is -0.436 e. The summed E-state index contributed by atoms with van der Waals surface area (Å²) in [6, 6.07) is 4.42. The van der Waals surface area contributed by atoms with E-state index < -0.39 is 11.6 Å². The van der Waals surface area contributed by atoms with Crippen LogP contribution in [0.4, 0.5) is 20.5 Å². The van der Waals surface area contributed by atoms with Gasteiger partial charge in [0.15, 0.2) is 11.6 Å². The summed E-state index contributed by atoms with van der Waals surface area (Å²) >= 11 is 0. The molecule has 1 aromatic heterocycles. The van der Waals surface area contributed by atoms with Crippen LogP contribution < -0.4 is 15.8 Å². The molecule has 0 atom stereocenters. The lowest BCUT2D eigenvalue weighted by molar-refractivity contribution is 0.424. The summed E-state index contributed by atoms with van der Waals surface area (Å²) in [4.78, 5) is 7.64. The van der Waals surface area contributed by atoms with Gasteiger partial charge in [0.05, 0.1) is 0 Å². The number of nitrogen functional groups attached to an aromatic ring is 1. The molecular formula is C11H10F2N4O. The average molecular weight is 252 g/mol. The van der Waals surface area contributed by atoms with Crippen molar-refractivity contribution in [1.29, 1.82) is 0 Å². The third kappa shape index (κ3) is 2.62. The topological polar surface area (TPSA) is 73.1 Å². The molecule has 0 aliphatic heterocycles. The molecule has 0 bridgehead atoms. The molecule has 94 valence electrons. The molecule has 18 heavy (non-hydrogen) atoms. The highest BCUT2D eigenvalue weighted by atomic mass is 19.1. The van der Waals surface area contributed by atoms with Gasteiger partial charge in [-0.05, 0) is 12.1 Å². The van der Waals surface area contributed by atoms with E-state index in [1.807, 2.05) is 0 Å². The number of anilines is 2. The van der Waals surface area contributed by atoms with E-state index in [-0.39, 0.29) is 17.6 Å². The van der Waals surface area contributed by atoms with Crippen molar-refractivity contribution >= 4 is 11.8 Å². The van der Waals surface area contributed by atoms with Crippen LogP contribution in [0.15, 0.2) is 24.3 Å². The molecule has 0 aliphatic carbocycles. The van der Waals surface area contributed by atoms with Gasteiger partial charge in [-0.1, -0.05) is 0 Å². The molecule has 0 spiro atoms. The lowest BCUT2D eigenvalue weighted by Gasteiger charge is -2.07. The highest BCUT2D eigenvalue weighted by Gasteiger charge is 2.08. The van der Waals surface area contributed by atoms with Crippen LogP contribution in [0.5, 0.6) is 11.6 Å². The van der Waals surface area contributed by atoms with Crippen molar-refractivity contribution in [1.82, 2.24) is 9.97 Å². The standard InChI is InChI=1S/C11H10F2N4O/c1-15-9-5-10(17-11(14)16-9)18-8-3-2-6(12)4-7(8)13/h2-5H,1H3,(H3,14,15,16,17). The zero-order valence-electron chi connectivity index (χ0n) is 9.45. The molecule has 0 aliphatic rings. The normalized spacial score (nSPS) is 10.2. The van der Waals surface area contributed by atoms with E-state index in [2.05, 4.69) is 15.3 Å². The summed E-state index contributed by atoms with van der Waals surface area (Å²) in [5.41, 5.74) is 5.45. The Morgan fingerprint density at radius 1 is 1.22 bits per heavy atom. The first kappa shape index (κ1) is 12.0. The van der Waals surface area contributed by atoms with Crippen LogP contribution in [0.25, 0.3) is 0 Å². The van der Waals surface area contributed by atoms with Crippen molar-refractivity contribution in [2.45, 2.75) is 0 Å². The third-order valence-electron chi connectivity index (χ3n) is 2.08. The van der Waals surface area contributed by atoms with Gasteiger partial charge in [0, 0.05) is 19.2 Å². The van der Waals surface area contributed by atoms with E-state index >= 15 is 0 Å². The van der Waals surface area contributed by atoms with Crippen LogP contribution in [0, 0.1) is 11.6 Å². The maximum atomic E-state index is 13.4. The third-order valence-corrected chi connectivity index (χ3v) is 2.08. The number of benzene rings is 1. The number of aromatic nitrogens is 2. The van der Waals surface area contributed by atoms with Gasteiger partial charge in [-0.15, -0.1) is 0 Å². The van der Waals surface area contributed by atoms with Crippen molar-refractivity contribution in [2.24, 2.45) is 0 Å². The summed E-state index contributed by atoms with van der Waals surface area (Å²) in [6.45, 7) is 0. The van der Waals surface area contributed by atoms with E-state index in [0.29, 0.717) is 5.82 Å². The predicted octanol–water partition coefficient (Wildman–Crippen LogP) is 2.17. The number of rotatable bonds is 3. The Balaban J connectivity index is 2.30. The Morgan fingerprint density at radius 2 is 2.00 bits per heavy atom. The lowest BCUT2D eigenvalue weighted by Crippen LogP contribution is -2.01. The summed E-state index contributed by atoms with van der Waals surface area (Å²) < 4.78 is 31.3. The van der Waals surface area contributed by atoms with Gasteiger partial charge in [0.1, 0.15) is 11.6 Å². The summed E-state index contributed by atoms with van der Waals surface area (Å²) in [5.74, 6) is -1.16. The molecule has 1 aromatic carbocycles. The quantitative estimate of drug-likeness (QED) is 0.875. The average Bonchev–Trinajstić information content (AvgIpc) is 2.32. The highest BCUT2D eigenvalue weighted by molar-refractivity contribution is 5.43. The monoisotopic (exact) mass is 252 g/mol. The van der Waals surface area contributed by atoms with Crippen molar-refractivity contribution in [2.75, 3.05) is 18.1 Å². The zero-order chi connectivity index (χ0) is 13.1. The maximum absolute atomic E-state index is 13.4. The van der Waals surface area contributed by atoms with Gasteiger partial charge in [-0.2, -0.15) is 9.97 Å². The fourth-order valence-electron chi connectivity index (χ4n) is 1.29. The molecule has 3 N–H and O–H groups in total. The second-order valence-electron chi connectivity index (χ2n) is 3.38. The second-order valence-corrected chi connectivity index (χ2v) is 3.38. The number of halogens is 2. The van der Waals surface area contributed by atoms with Gasteiger partial charge in [0.2, 0.25) is 11.8 Å². The van der Waals surface area contributed by atoms with Crippen molar-refractivity contribution in [3.8, 4) is 11.6 Å². The van der Waals surface area contributed by atoms with Crippen LogP contribution in [0.3, 0.4) is 0 Å². The summed E-state index contributed by atoms with van der Waals surface area (Å²) in [6.07, 6.45) is 0. The van der Waals surface area contributed by atoms with E-state index in [4.69, 9.17) is 10.5 Å². The molecule has 0 saturated carbocycles. The molecule has 2 rings (SSSR count). The van der Waals surface area contributed by atoms with Gasteiger partial charge in [0.25, 0.3) is 0 Å². The molecule has 0 unspecified atom stereocenters. The number of nitrogens with one attached hydrogen (secondary N) is 1. The van der Waals surface area contributed by atoms with Crippen LogP contribution in [0.1, 0.15) is 0 Å². The Bertz CT molecular complexity index is 577. The number of hydrogen-bond donors (Lipinski definition) is 2. The minimum absolute atomic E-state index is 0.0145. The first-order valence-corrected chi connectivity index (χ1v) is 5.03. The first-order chi connectivity index (χ1) is 8.58. The van der Waals surface area contributed by atoms with Crippen LogP contribution in [-0.2, 0) is 0 Å². The van der Waals surface area contributed by atoms with Crippen molar-refractivity contribution in [3.05, 3.63) is 35.9 Å². The molecule has 0 amide bonds. The van der Waals surface area contributed by atoms with Crippen LogP contribution >= 0.6 is 0 Å². The number of ether oxygens (including phenoxy) is 1. The summed E-state index contributed by atoms with van der Waals surface area (Å²) in [7, 11) is 1.64. The molecule has 1 heterocycles. The van der Waals surface area contributed by atoms with E-state index in [0.717, 1.165) is 12.1 Å². The Kier molecular flexibility index (Phi) is 3.22. The molecule has 2 aromatic rings. The number of hydrogen-bond acceptors (Lipinski definition) is 5. The predicted molar refractivity (Wildman–Crippen MR) is 62.4 cm³/mol. The summed E-state index contributed by atoms with van der Waals surface area (Å²) in [5, 5.41) is 2.75. The van der Waals surface area contributed by atoms with Crippen LogP contribution in [0.2, 0.25) is 0 Å². The van der Waals surface area contributed by atoms with Gasteiger partial charge in [-0.25, -0.2) is 8.78 Å². The Labute approximate surface area is 102 Å². The number of nitrogens with two attached hydrogens (primary N) is 1. The van der Waals surface area contributed by atoms with Gasteiger partial charge in [-0.3, -0.25) is 0 Å². The molecule has 5 nitrogen and oxygen atoms in total. The number of nitrogens with zero attached hydrogens (tertiary/aromatic N) is 2. The largest absolute Gasteiger partial charge is 0.436 e. The van der Waals surface area contributed by atoms with Crippen molar-refractivity contribution in [3.63, 3.8) is 0 Å². The molecule has 0 saturated heterocycles. The smallest absolute Gasteiger partial charge is 0.226 e. The van der Waals surface area contributed by atoms with Crippen molar-refractivity contribution < 1.29 is 13.5 Å². The lowest BCUT2D eigenvalue weighted by atomic mass is 10.3. The minimum atomic E-state index is -0.821. The first-order valence-electron chi connectivity index (χ1n) is 5.03. The van der Waals surface area contributed by atoms with E-state index in [9.17, 15) is 8.78 Å². The SMILES string of the molecule is CNc1cc(Oc2ccc(F)cc2F)nc(N)n1. The fourth-order valence-corrected chi connectivity index (χ4v) is 1.29. The van der Waals surface area contributed by atoms with Crippen LogP contribution in [-0.4, -0.2) is 17.0 Å². The zero-order valence-corrected chi connectivity index (χ0v) is 9.45. The second kappa shape index (κ2) is 4.82. The maximum Gasteiger partial charge on any atom is 0.226 e. The van der Waals surface area contributed by atoms with Gasteiger partial charge >= 0.3 is 0 Å². The van der Waals surface area contributed by atoms with E-state index in [1.165, 1.54) is 12.1 Å². The molecule has 7 heteroatoms. The Hall–Kier alpha value is -2.44. The molecular weight excluding hydrogens is 242 g/mol.